The Bertz CT molecular complexity index is 1030. The summed E-state index contributed by atoms with van der Waals surface area (Å²) in [6, 6.07) is 11.5. The first-order valence-electron chi connectivity index (χ1n) is 7.87. The van der Waals surface area contributed by atoms with Gasteiger partial charge in [-0.2, -0.15) is 0 Å². The molecule has 1 atom stereocenters. The highest BCUT2D eigenvalue weighted by Gasteiger charge is 2.33. The Balaban J connectivity index is 1.86. The maximum Gasteiger partial charge on any atom is 0.286 e. The second kappa shape index (κ2) is 6.77. The monoisotopic (exact) mass is 431 g/mol. The molecule has 0 bridgehead atoms. The summed E-state index contributed by atoms with van der Waals surface area (Å²) >= 11 is 4.50. The van der Waals surface area contributed by atoms with Crippen molar-refractivity contribution in [3.63, 3.8) is 0 Å². The van der Waals surface area contributed by atoms with Crippen LogP contribution in [0.1, 0.15) is 5.69 Å². The minimum absolute atomic E-state index is 0.262. The summed E-state index contributed by atoms with van der Waals surface area (Å²) < 4.78 is 8.18. The molecule has 8 heteroatoms. The highest BCUT2D eigenvalue weighted by molar-refractivity contribution is 9.10. The zero-order valence-electron chi connectivity index (χ0n) is 13.7. The van der Waals surface area contributed by atoms with Crippen LogP contribution in [0.15, 0.2) is 47.1 Å². The minimum Gasteiger partial charge on any atom is -0.497 e. The lowest BCUT2D eigenvalue weighted by atomic mass is 10.1. The van der Waals surface area contributed by atoms with Crippen molar-refractivity contribution in [2.24, 2.45) is 0 Å². The van der Waals surface area contributed by atoms with Crippen LogP contribution < -0.4 is 10.1 Å². The normalized spacial score (nSPS) is 16.9. The molecule has 3 heterocycles. The molecule has 1 fully saturated rings. The number of benzene rings is 1. The van der Waals surface area contributed by atoms with Crippen LogP contribution in [-0.2, 0) is 11.2 Å². The van der Waals surface area contributed by atoms with E-state index in [1.54, 1.807) is 7.11 Å². The number of halogens is 1. The number of ether oxygens (including phenoxy) is 1. The van der Waals surface area contributed by atoms with Gasteiger partial charge in [-0.3, -0.25) is 14.9 Å². The molecule has 1 saturated heterocycles. The van der Waals surface area contributed by atoms with Crippen LogP contribution in [0.4, 0.5) is 4.79 Å². The number of imidazole rings is 1. The van der Waals surface area contributed by atoms with E-state index in [4.69, 9.17) is 9.72 Å². The van der Waals surface area contributed by atoms with Crippen molar-refractivity contribution in [1.29, 1.82) is 0 Å². The molecule has 0 radical (unpaired) electrons. The van der Waals surface area contributed by atoms with E-state index in [0.29, 0.717) is 6.42 Å². The Morgan fingerprint density at radius 2 is 2.15 bits per heavy atom. The average molecular weight is 432 g/mol. The van der Waals surface area contributed by atoms with E-state index >= 15 is 0 Å². The third-order valence-electron chi connectivity index (χ3n) is 4.17. The van der Waals surface area contributed by atoms with E-state index in [9.17, 15) is 9.59 Å². The third-order valence-corrected chi connectivity index (χ3v) is 5.62. The first-order chi connectivity index (χ1) is 12.5. The Morgan fingerprint density at radius 1 is 1.31 bits per heavy atom. The maximum atomic E-state index is 12.1. The number of imide groups is 1. The number of rotatable bonds is 4. The quantitative estimate of drug-likeness (QED) is 0.681. The predicted molar refractivity (Wildman–Crippen MR) is 104 cm³/mol. The molecule has 1 aliphatic rings. The summed E-state index contributed by atoms with van der Waals surface area (Å²) in [6.45, 7) is 0. The molecule has 4 rings (SSSR count). The van der Waals surface area contributed by atoms with Crippen molar-refractivity contribution in [3.05, 3.63) is 52.8 Å². The molecule has 2 amide bonds. The van der Waals surface area contributed by atoms with Crippen LogP contribution >= 0.6 is 27.7 Å². The van der Waals surface area contributed by atoms with Crippen molar-refractivity contribution in [2.75, 3.05) is 7.11 Å². The fraction of sp³-hybridized carbons (Fsp3) is 0.167. The Labute approximate surface area is 162 Å². The molecular weight excluding hydrogens is 418 g/mol. The van der Waals surface area contributed by atoms with Crippen molar-refractivity contribution in [2.45, 2.75) is 11.7 Å². The van der Waals surface area contributed by atoms with E-state index in [2.05, 4.69) is 21.2 Å². The van der Waals surface area contributed by atoms with Gasteiger partial charge in [0.15, 0.2) is 0 Å². The first-order valence-corrected chi connectivity index (χ1v) is 9.55. The number of amides is 2. The van der Waals surface area contributed by atoms with E-state index in [-0.39, 0.29) is 11.1 Å². The fourth-order valence-corrected chi connectivity index (χ4v) is 4.13. The van der Waals surface area contributed by atoms with Crippen molar-refractivity contribution < 1.29 is 14.3 Å². The lowest BCUT2D eigenvalue weighted by Gasteiger charge is -2.09. The van der Waals surface area contributed by atoms with Crippen LogP contribution in [0.3, 0.4) is 0 Å². The summed E-state index contributed by atoms with van der Waals surface area (Å²) in [4.78, 5) is 28.3. The number of fused-ring (bicyclic) bond motifs is 1. The topological polar surface area (TPSA) is 72.7 Å². The molecule has 6 nitrogen and oxygen atoms in total. The molecule has 1 aliphatic heterocycles. The van der Waals surface area contributed by atoms with E-state index in [0.717, 1.165) is 44.6 Å². The number of hydrogen-bond acceptors (Lipinski definition) is 5. The maximum absolute atomic E-state index is 12.1. The average Bonchev–Trinajstić information content (AvgIpc) is 3.15. The molecular formula is C18H14BrN3O3S. The SMILES string of the molecule is COc1cccc(-c2nc3ccc(Br)cn3c2CC2SC(=O)NC2=O)c1. The van der Waals surface area contributed by atoms with Gasteiger partial charge in [0.25, 0.3) is 5.24 Å². The number of thioether (sulfide) groups is 1. The van der Waals surface area contributed by atoms with E-state index < -0.39 is 5.25 Å². The number of hydrogen-bond donors (Lipinski definition) is 1. The predicted octanol–water partition coefficient (Wildman–Crippen LogP) is 3.67. The van der Waals surface area contributed by atoms with Gasteiger partial charge in [0.2, 0.25) is 5.91 Å². The summed E-state index contributed by atoms with van der Waals surface area (Å²) in [7, 11) is 1.62. The van der Waals surface area contributed by atoms with Gasteiger partial charge in [-0.1, -0.05) is 23.9 Å². The summed E-state index contributed by atoms with van der Waals surface area (Å²) in [5, 5.41) is 1.57. The number of nitrogens with zero attached hydrogens (tertiary/aromatic N) is 2. The number of carbonyl (C=O) groups is 2. The Kier molecular flexibility index (Phi) is 4.46. The summed E-state index contributed by atoms with van der Waals surface area (Å²) in [6.07, 6.45) is 2.31. The van der Waals surface area contributed by atoms with Gasteiger partial charge in [0.1, 0.15) is 11.4 Å². The van der Waals surface area contributed by atoms with Crippen molar-refractivity contribution >= 4 is 44.5 Å². The third kappa shape index (κ3) is 3.10. The van der Waals surface area contributed by atoms with Gasteiger partial charge < -0.3 is 9.14 Å². The first kappa shape index (κ1) is 17.1. The molecule has 0 spiro atoms. The Morgan fingerprint density at radius 3 is 2.88 bits per heavy atom. The molecule has 0 saturated carbocycles. The van der Waals surface area contributed by atoms with Gasteiger partial charge in [-0.25, -0.2) is 4.98 Å². The van der Waals surface area contributed by atoms with E-state index in [1.807, 2.05) is 47.0 Å². The second-order valence-corrected chi connectivity index (χ2v) is 7.89. The van der Waals surface area contributed by atoms with Gasteiger partial charge >= 0.3 is 0 Å². The number of nitrogens with one attached hydrogen (secondary N) is 1. The largest absolute Gasteiger partial charge is 0.497 e. The lowest BCUT2D eigenvalue weighted by molar-refractivity contribution is -0.118. The number of pyridine rings is 1. The smallest absolute Gasteiger partial charge is 0.286 e. The number of carbonyl (C=O) groups excluding carboxylic acids is 2. The zero-order valence-corrected chi connectivity index (χ0v) is 16.1. The van der Waals surface area contributed by atoms with Crippen LogP contribution in [-0.4, -0.2) is 32.9 Å². The van der Waals surface area contributed by atoms with Crippen LogP contribution in [0.25, 0.3) is 16.9 Å². The highest BCUT2D eigenvalue weighted by Crippen LogP contribution is 2.32. The zero-order chi connectivity index (χ0) is 18.3. The van der Waals surface area contributed by atoms with Crippen LogP contribution in [0.2, 0.25) is 0 Å². The lowest BCUT2D eigenvalue weighted by Crippen LogP contribution is -2.25. The molecule has 0 aliphatic carbocycles. The van der Waals surface area contributed by atoms with Gasteiger partial charge in [0, 0.05) is 22.7 Å². The standard InChI is InChI=1S/C18H14BrN3O3S/c1-25-12-4-2-3-10(7-12)16-13(8-14-17(23)21-18(24)26-14)22-9-11(19)5-6-15(22)20-16/h2-7,9,14H,8H2,1H3,(H,21,23,24). The van der Waals surface area contributed by atoms with Crippen molar-refractivity contribution in [1.82, 2.24) is 14.7 Å². The van der Waals surface area contributed by atoms with Crippen molar-refractivity contribution in [3.8, 4) is 17.0 Å². The van der Waals surface area contributed by atoms with Crippen LogP contribution in [0.5, 0.6) is 5.75 Å². The molecule has 3 aromatic rings. The molecule has 26 heavy (non-hydrogen) atoms. The summed E-state index contributed by atoms with van der Waals surface area (Å²) in [5.74, 6) is 0.469. The molecule has 1 aromatic carbocycles. The molecule has 1 unspecified atom stereocenters. The van der Waals surface area contributed by atoms with E-state index in [1.165, 1.54) is 0 Å². The Hall–Kier alpha value is -2.32. The van der Waals surface area contributed by atoms with Gasteiger partial charge in [-0.05, 0) is 40.2 Å². The number of methoxy groups -OCH3 is 1. The van der Waals surface area contributed by atoms with Gasteiger partial charge in [0.05, 0.1) is 23.7 Å². The highest BCUT2D eigenvalue weighted by atomic mass is 79.9. The summed E-state index contributed by atoms with van der Waals surface area (Å²) in [5.41, 5.74) is 3.32. The fourth-order valence-electron chi connectivity index (χ4n) is 2.97. The molecule has 132 valence electrons. The van der Waals surface area contributed by atoms with Gasteiger partial charge in [-0.15, -0.1) is 0 Å². The second-order valence-electron chi connectivity index (χ2n) is 5.80. The minimum atomic E-state index is -0.467. The number of aromatic nitrogens is 2. The molecule has 1 N–H and O–H groups in total. The molecule has 2 aromatic heterocycles. The van der Waals surface area contributed by atoms with Crippen LogP contribution in [0, 0.1) is 0 Å².